The average molecular weight is 311 g/mol. The summed E-state index contributed by atoms with van der Waals surface area (Å²) in [6, 6.07) is 11.1. The number of pyridine rings is 1. The topological polar surface area (TPSA) is 62.3 Å². The molecule has 0 radical (unpaired) electrons. The lowest BCUT2D eigenvalue weighted by Gasteiger charge is -2.21. The van der Waals surface area contributed by atoms with E-state index >= 15 is 0 Å². The summed E-state index contributed by atoms with van der Waals surface area (Å²) in [7, 11) is 0. The number of rotatable bonds is 6. The van der Waals surface area contributed by atoms with Crippen molar-refractivity contribution < 1.29 is 9.59 Å². The maximum atomic E-state index is 12.0. The molecule has 5 nitrogen and oxygen atoms in total. The Labute approximate surface area is 136 Å². The van der Waals surface area contributed by atoms with E-state index in [9.17, 15) is 9.59 Å². The Morgan fingerprint density at radius 1 is 1.09 bits per heavy atom. The third kappa shape index (κ3) is 5.21. The number of amides is 2. The number of hydrogen-bond acceptors (Lipinski definition) is 3. The molecule has 0 aliphatic rings. The van der Waals surface area contributed by atoms with Gasteiger partial charge in [0, 0.05) is 44.5 Å². The zero-order chi connectivity index (χ0) is 16.7. The van der Waals surface area contributed by atoms with Crippen molar-refractivity contribution in [3.63, 3.8) is 0 Å². The summed E-state index contributed by atoms with van der Waals surface area (Å²) in [6.07, 6.45) is 3.40. The second kappa shape index (κ2) is 8.08. The van der Waals surface area contributed by atoms with Gasteiger partial charge in [0.25, 0.3) is 5.91 Å². The van der Waals surface area contributed by atoms with E-state index in [1.165, 1.54) is 6.92 Å². The third-order valence-electron chi connectivity index (χ3n) is 3.55. The monoisotopic (exact) mass is 311 g/mol. The van der Waals surface area contributed by atoms with Crippen LogP contribution < -0.4 is 5.32 Å². The standard InChI is InChI=1S/C18H21N3O2/c1-14-3-5-17(6-4-14)18(23)20-11-12-21(15(2)22)13-16-7-9-19-10-8-16/h3-10H,11-13H2,1-2H3,(H,20,23). The van der Waals surface area contributed by atoms with Crippen LogP contribution in [0.4, 0.5) is 0 Å². The average Bonchev–Trinajstić information content (AvgIpc) is 2.55. The highest BCUT2D eigenvalue weighted by Crippen LogP contribution is 2.04. The fourth-order valence-corrected chi connectivity index (χ4v) is 2.17. The van der Waals surface area contributed by atoms with Gasteiger partial charge in [-0.2, -0.15) is 0 Å². The Kier molecular flexibility index (Phi) is 5.86. The molecule has 0 saturated carbocycles. The maximum Gasteiger partial charge on any atom is 0.251 e. The summed E-state index contributed by atoms with van der Waals surface area (Å²) in [5.74, 6) is -0.149. The molecule has 1 heterocycles. The molecule has 0 spiro atoms. The van der Waals surface area contributed by atoms with E-state index in [1.54, 1.807) is 29.4 Å². The minimum absolute atomic E-state index is 0.0219. The number of carbonyl (C=O) groups is 2. The van der Waals surface area contributed by atoms with Gasteiger partial charge in [-0.15, -0.1) is 0 Å². The number of aromatic nitrogens is 1. The van der Waals surface area contributed by atoms with Crippen LogP contribution in [-0.2, 0) is 11.3 Å². The lowest BCUT2D eigenvalue weighted by atomic mass is 10.1. The van der Waals surface area contributed by atoms with E-state index in [2.05, 4.69) is 10.3 Å². The summed E-state index contributed by atoms with van der Waals surface area (Å²) in [6.45, 7) is 4.90. The molecule has 2 aromatic rings. The fraction of sp³-hybridized carbons (Fsp3) is 0.278. The predicted octanol–water partition coefficient (Wildman–Crippen LogP) is 2.17. The van der Waals surface area contributed by atoms with Gasteiger partial charge in [-0.3, -0.25) is 14.6 Å². The lowest BCUT2D eigenvalue weighted by Crippen LogP contribution is -2.37. The highest BCUT2D eigenvalue weighted by atomic mass is 16.2. The van der Waals surface area contributed by atoms with E-state index < -0.39 is 0 Å². The minimum atomic E-state index is -0.127. The predicted molar refractivity (Wildman–Crippen MR) is 88.8 cm³/mol. The van der Waals surface area contributed by atoms with Crippen molar-refractivity contribution in [2.24, 2.45) is 0 Å². The highest BCUT2D eigenvalue weighted by molar-refractivity contribution is 5.94. The zero-order valence-electron chi connectivity index (χ0n) is 13.5. The Morgan fingerprint density at radius 2 is 1.74 bits per heavy atom. The van der Waals surface area contributed by atoms with Gasteiger partial charge >= 0.3 is 0 Å². The van der Waals surface area contributed by atoms with E-state index in [-0.39, 0.29) is 11.8 Å². The molecular weight excluding hydrogens is 290 g/mol. The molecule has 2 amide bonds. The van der Waals surface area contributed by atoms with Gasteiger partial charge in [-0.1, -0.05) is 17.7 Å². The van der Waals surface area contributed by atoms with Crippen molar-refractivity contribution in [2.45, 2.75) is 20.4 Å². The molecule has 120 valence electrons. The first kappa shape index (κ1) is 16.7. The van der Waals surface area contributed by atoms with Gasteiger partial charge in [0.05, 0.1) is 0 Å². The van der Waals surface area contributed by atoms with Crippen molar-refractivity contribution in [1.82, 2.24) is 15.2 Å². The number of benzene rings is 1. The summed E-state index contributed by atoms with van der Waals surface area (Å²) < 4.78 is 0. The van der Waals surface area contributed by atoms with E-state index in [4.69, 9.17) is 0 Å². The first-order valence-electron chi connectivity index (χ1n) is 7.55. The Hall–Kier alpha value is -2.69. The molecule has 0 saturated heterocycles. The molecule has 0 aliphatic heterocycles. The second-order valence-electron chi connectivity index (χ2n) is 5.42. The van der Waals surface area contributed by atoms with Crippen molar-refractivity contribution in [2.75, 3.05) is 13.1 Å². The number of aryl methyl sites for hydroxylation is 1. The van der Waals surface area contributed by atoms with Crippen LogP contribution in [0.2, 0.25) is 0 Å². The maximum absolute atomic E-state index is 12.0. The van der Waals surface area contributed by atoms with Crippen LogP contribution in [0.5, 0.6) is 0 Å². The Balaban J connectivity index is 1.85. The summed E-state index contributed by atoms with van der Waals surface area (Å²) in [4.78, 5) is 29.4. The summed E-state index contributed by atoms with van der Waals surface area (Å²) in [5, 5.41) is 2.84. The van der Waals surface area contributed by atoms with Crippen molar-refractivity contribution in [3.8, 4) is 0 Å². The molecule has 1 aromatic heterocycles. The number of carbonyl (C=O) groups excluding carboxylic acids is 2. The number of nitrogens with zero attached hydrogens (tertiary/aromatic N) is 2. The Bertz CT molecular complexity index is 654. The lowest BCUT2D eigenvalue weighted by molar-refractivity contribution is -0.129. The summed E-state index contributed by atoms with van der Waals surface area (Å²) >= 11 is 0. The smallest absolute Gasteiger partial charge is 0.251 e. The van der Waals surface area contributed by atoms with Crippen molar-refractivity contribution in [3.05, 3.63) is 65.5 Å². The van der Waals surface area contributed by atoms with E-state index in [0.29, 0.717) is 25.2 Å². The van der Waals surface area contributed by atoms with Gasteiger partial charge < -0.3 is 10.2 Å². The van der Waals surface area contributed by atoms with Crippen LogP contribution in [0.15, 0.2) is 48.8 Å². The Morgan fingerprint density at radius 3 is 2.35 bits per heavy atom. The normalized spacial score (nSPS) is 10.2. The third-order valence-corrected chi connectivity index (χ3v) is 3.55. The van der Waals surface area contributed by atoms with E-state index in [1.807, 2.05) is 31.2 Å². The molecule has 1 N–H and O–H groups in total. The van der Waals surface area contributed by atoms with Gasteiger partial charge in [0.15, 0.2) is 0 Å². The quantitative estimate of drug-likeness (QED) is 0.889. The molecule has 5 heteroatoms. The molecule has 23 heavy (non-hydrogen) atoms. The zero-order valence-corrected chi connectivity index (χ0v) is 13.5. The van der Waals surface area contributed by atoms with Crippen molar-refractivity contribution >= 4 is 11.8 Å². The van der Waals surface area contributed by atoms with Crippen LogP contribution in [0.25, 0.3) is 0 Å². The number of hydrogen-bond donors (Lipinski definition) is 1. The highest BCUT2D eigenvalue weighted by Gasteiger charge is 2.10. The molecule has 0 fully saturated rings. The van der Waals surface area contributed by atoms with Crippen LogP contribution in [0, 0.1) is 6.92 Å². The van der Waals surface area contributed by atoms with Crippen LogP contribution in [0.3, 0.4) is 0 Å². The first-order valence-corrected chi connectivity index (χ1v) is 7.55. The minimum Gasteiger partial charge on any atom is -0.350 e. The van der Waals surface area contributed by atoms with Crippen LogP contribution in [0.1, 0.15) is 28.4 Å². The van der Waals surface area contributed by atoms with Crippen molar-refractivity contribution in [1.29, 1.82) is 0 Å². The molecule has 0 bridgehead atoms. The van der Waals surface area contributed by atoms with Crippen LogP contribution in [-0.4, -0.2) is 34.8 Å². The second-order valence-corrected chi connectivity index (χ2v) is 5.42. The molecular formula is C18H21N3O2. The van der Waals surface area contributed by atoms with E-state index in [0.717, 1.165) is 11.1 Å². The molecule has 0 unspecified atom stereocenters. The fourth-order valence-electron chi connectivity index (χ4n) is 2.17. The largest absolute Gasteiger partial charge is 0.350 e. The molecule has 0 aliphatic carbocycles. The molecule has 2 rings (SSSR count). The van der Waals surface area contributed by atoms with Gasteiger partial charge in [0.2, 0.25) is 5.91 Å². The van der Waals surface area contributed by atoms with Gasteiger partial charge in [-0.05, 0) is 36.8 Å². The molecule has 0 atom stereocenters. The van der Waals surface area contributed by atoms with Gasteiger partial charge in [-0.25, -0.2) is 0 Å². The molecule has 1 aromatic carbocycles. The number of nitrogens with one attached hydrogen (secondary N) is 1. The SMILES string of the molecule is CC(=O)N(CCNC(=O)c1ccc(C)cc1)Cc1ccncc1. The summed E-state index contributed by atoms with van der Waals surface area (Å²) in [5.41, 5.74) is 2.75. The van der Waals surface area contributed by atoms with Gasteiger partial charge in [0.1, 0.15) is 0 Å². The van der Waals surface area contributed by atoms with Crippen LogP contribution >= 0.6 is 0 Å². The first-order chi connectivity index (χ1) is 11.1.